The Balaban J connectivity index is 1.44. The van der Waals surface area contributed by atoms with Crippen molar-refractivity contribution in [2.24, 2.45) is 0 Å². The predicted octanol–water partition coefficient (Wildman–Crippen LogP) is 3.89. The van der Waals surface area contributed by atoms with E-state index in [1.54, 1.807) is 10.8 Å². The highest BCUT2D eigenvalue weighted by atomic mass is 31.1. The van der Waals surface area contributed by atoms with Crippen LogP contribution in [0.3, 0.4) is 0 Å². The number of nitrogens with zero attached hydrogens (tertiary/aromatic N) is 4. The van der Waals surface area contributed by atoms with Gasteiger partial charge in [0.05, 0.1) is 12.3 Å². The highest BCUT2D eigenvalue weighted by Gasteiger charge is 2.50. The third-order valence-electron chi connectivity index (χ3n) is 7.33. The third kappa shape index (κ3) is 3.97. The normalized spacial score (nSPS) is 25.1. The maximum atomic E-state index is 13.7. The van der Waals surface area contributed by atoms with Crippen molar-refractivity contribution in [2.45, 2.75) is 44.3 Å². The number of nitrogens with one attached hydrogen (secondary N) is 1. The number of aliphatic hydroxyl groups excluding tert-OH is 1. The zero-order valence-electron chi connectivity index (χ0n) is 21.1. The van der Waals surface area contributed by atoms with Gasteiger partial charge in [-0.15, -0.1) is 0 Å². The molecule has 2 N–H and O–H groups in total. The summed E-state index contributed by atoms with van der Waals surface area (Å²) in [6.45, 7) is 4.25. The SMILES string of the molecule is CC(C)c1ccc(-c2nc3c(=O)n4cc(-c5ccccc5)[nH]c4nc3n2[C@@H]2OC3CO[PH](=O)O[C@H]3[C@@H]2O)cc1. The Kier molecular flexibility index (Phi) is 5.80. The van der Waals surface area contributed by atoms with Crippen molar-refractivity contribution in [3.05, 3.63) is 76.7 Å². The number of aromatic nitrogens is 5. The van der Waals surface area contributed by atoms with Crippen LogP contribution in [0.1, 0.15) is 31.6 Å². The molecule has 0 aliphatic carbocycles. The van der Waals surface area contributed by atoms with Crippen molar-refractivity contribution in [1.29, 1.82) is 0 Å². The molecule has 2 saturated heterocycles. The molecule has 5 atom stereocenters. The first-order chi connectivity index (χ1) is 18.9. The Bertz CT molecular complexity index is 1780. The van der Waals surface area contributed by atoms with E-state index in [0.717, 1.165) is 22.4 Å². The van der Waals surface area contributed by atoms with E-state index in [9.17, 15) is 14.5 Å². The Morgan fingerprint density at radius 3 is 2.59 bits per heavy atom. The molecule has 11 nitrogen and oxygen atoms in total. The Labute approximate surface area is 223 Å². The number of imidazole rings is 2. The van der Waals surface area contributed by atoms with Crippen LogP contribution in [0.25, 0.3) is 39.6 Å². The van der Waals surface area contributed by atoms with E-state index in [-0.39, 0.29) is 23.3 Å². The molecule has 0 bridgehead atoms. The molecule has 2 unspecified atom stereocenters. The molecular weight excluding hydrogens is 521 g/mol. The number of rotatable bonds is 4. The van der Waals surface area contributed by atoms with Gasteiger partial charge in [-0.1, -0.05) is 68.4 Å². The fraction of sp³-hybridized carbons (Fsp3) is 0.296. The van der Waals surface area contributed by atoms with Gasteiger partial charge in [-0.3, -0.25) is 13.9 Å². The van der Waals surface area contributed by atoms with Crippen LogP contribution in [0.2, 0.25) is 0 Å². The average Bonchev–Trinajstić information content (AvgIpc) is 3.63. The molecule has 3 aromatic heterocycles. The van der Waals surface area contributed by atoms with Crippen molar-refractivity contribution in [3.63, 3.8) is 0 Å². The van der Waals surface area contributed by atoms with Gasteiger partial charge in [0.1, 0.15) is 24.1 Å². The van der Waals surface area contributed by atoms with Gasteiger partial charge in [0.15, 0.2) is 17.4 Å². The van der Waals surface area contributed by atoms with Crippen LogP contribution >= 0.6 is 8.25 Å². The molecule has 12 heteroatoms. The molecule has 0 radical (unpaired) electrons. The fourth-order valence-electron chi connectivity index (χ4n) is 5.26. The molecular formula is C27H26N5O6P. The maximum absolute atomic E-state index is 13.7. The van der Waals surface area contributed by atoms with Gasteiger partial charge in [-0.05, 0) is 17.0 Å². The van der Waals surface area contributed by atoms with Crippen LogP contribution in [-0.2, 0) is 18.3 Å². The van der Waals surface area contributed by atoms with Gasteiger partial charge in [-0.2, -0.15) is 4.98 Å². The summed E-state index contributed by atoms with van der Waals surface area (Å²) in [6.07, 6.45) is -1.97. The van der Waals surface area contributed by atoms with E-state index < -0.39 is 32.8 Å². The minimum absolute atomic E-state index is 0.0263. The molecule has 39 heavy (non-hydrogen) atoms. The summed E-state index contributed by atoms with van der Waals surface area (Å²) in [6, 6.07) is 17.5. The second-order valence-electron chi connectivity index (χ2n) is 10.1. The largest absolute Gasteiger partial charge is 0.386 e. The van der Waals surface area contributed by atoms with Gasteiger partial charge >= 0.3 is 8.25 Å². The molecule has 0 saturated carbocycles. The summed E-state index contributed by atoms with van der Waals surface area (Å²) in [7, 11) is -2.73. The second-order valence-corrected chi connectivity index (χ2v) is 11.1. The lowest BCUT2D eigenvalue weighted by molar-refractivity contribution is -0.0546. The van der Waals surface area contributed by atoms with Crippen molar-refractivity contribution in [2.75, 3.05) is 6.61 Å². The van der Waals surface area contributed by atoms with E-state index in [0.29, 0.717) is 17.5 Å². The molecule has 200 valence electrons. The molecule has 2 aromatic carbocycles. The van der Waals surface area contributed by atoms with E-state index >= 15 is 0 Å². The summed E-state index contributed by atoms with van der Waals surface area (Å²) >= 11 is 0. The number of hydrogen-bond acceptors (Lipinski definition) is 8. The maximum Gasteiger partial charge on any atom is 0.319 e. The highest BCUT2D eigenvalue weighted by molar-refractivity contribution is 7.33. The number of ether oxygens (including phenoxy) is 1. The lowest BCUT2D eigenvalue weighted by atomic mass is 10.0. The van der Waals surface area contributed by atoms with E-state index in [1.807, 2.05) is 54.6 Å². The molecule has 5 aromatic rings. The minimum Gasteiger partial charge on any atom is -0.386 e. The quantitative estimate of drug-likeness (QED) is 0.324. The molecule has 2 fully saturated rings. The topological polar surface area (TPSA) is 133 Å². The van der Waals surface area contributed by atoms with Crippen molar-refractivity contribution in [3.8, 4) is 22.6 Å². The van der Waals surface area contributed by atoms with Gasteiger partial charge < -0.3 is 23.9 Å². The molecule has 0 spiro atoms. The second kappa shape index (κ2) is 9.25. The predicted molar refractivity (Wildman–Crippen MR) is 144 cm³/mol. The van der Waals surface area contributed by atoms with Gasteiger partial charge in [0, 0.05) is 11.8 Å². The number of H-pyrrole nitrogens is 1. The number of fused-ring (bicyclic) bond motifs is 3. The lowest BCUT2D eigenvalue weighted by Crippen LogP contribution is -2.37. The van der Waals surface area contributed by atoms with E-state index in [4.69, 9.17) is 23.8 Å². The third-order valence-corrected chi connectivity index (χ3v) is 8.20. The standard InChI is InChI=1S/C27H26N5O6P/c1-14(2)15-8-10-17(11-9-15)23-29-20-24(32(23)26-21(33)22-19(37-26)13-36-39(35)38-22)30-27-28-18(12-31(27)25(20)34)16-6-4-3-5-7-16/h3-12,14,19,21-22,26,33,39H,13H2,1-2H3,(H,28,30)/t19?,21-,22+,26+/m0/s1. The van der Waals surface area contributed by atoms with E-state index in [1.165, 1.54) is 4.40 Å². The molecule has 0 amide bonds. The van der Waals surface area contributed by atoms with Crippen LogP contribution < -0.4 is 5.56 Å². The first-order valence-electron chi connectivity index (χ1n) is 12.7. The van der Waals surface area contributed by atoms with Gasteiger partial charge in [0.25, 0.3) is 5.56 Å². The van der Waals surface area contributed by atoms with E-state index in [2.05, 4.69) is 18.8 Å². The van der Waals surface area contributed by atoms with Crippen molar-refractivity contribution >= 4 is 25.2 Å². The van der Waals surface area contributed by atoms with Crippen LogP contribution in [0, 0.1) is 0 Å². The molecule has 5 heterocycles. The molecule has 2 aliphatic heterocycles. The zero-order valence-corrected chi connectivity index (χ0v) is 22.1. The molecule has 7 rings (SSSR count). The lowest BCUT2D eigenvalue weighted by Gasteiger charge is -2.24. The number of hydrogen-bond donors (Lipinski definition) is 2. The first-order valence-corrected chi connectivity index (χ1v) is 14.0. The van der Waals surface area contributed by atoms with Crippen molar-refractivity contribution < 1.29 is 23.5 Å². The monoisotopic (exact) mass is 547 g/mol. The Morgan fingerprint density at radius 2 is 1.85 bits per heavy atom. The number of benzene rings is 2. The summed E-state index contributed by atoms with van der Waals surface area (Å²) in [5, 5.41) is 11.3. The Morgan fingerprint density at radius 1 is 1.08 bits per heavy atom. The first kappa shape index (κ1) is 24.4. The Hall–Kier alpha value is -3.60. The number of aliphatic hydroxyl groups is 1. The molecule has 2 aliphatic rings. The minimum atomic E-state index is -2.73. The average molecular weight is 548 g/mol. The van der Waals surface area contributed by atoms with Crippen molar-refractivity contribution in [1.82, 2.24) is 23.9 Å². The zero-order chi connectivity index (χ0) is 26.8. The summed E-state index contributed by atoms with van der Waals surface area (Å²) in [4.78, 5) is 26.4. The van der Waals surface area contributed by atoms with Crippen LogP contribution in [0.4, 0.5) is 0 Å². The van der Waals surface area contributed by atoms with Crippen LogP contribution in [0.5, 0.6) is 0 Å². The van der Waals surface area contributed by atoms with Gasteiger partial charge in [0.2, 0.25) is 5.78 Å². The summed E-state index contributed by atoms with van der Waals surface area (Å²) < 4.78 is 31.7. The van der Waals surface area contributed by atoms with Crippen LogP contribution in [0.15, 0.2) is 65.6 Å². The highest BCUT2D eigenvalue weighted by Crippen LogP contribution is 2.44. The van der Waals surface area contributed by atoms with Gasteiger partial charge in [-0.25, -0.2) is 9.38 Å². The number of aromatic amines is 1. The van der Waals surface area contributed by atoms with Crippen LogP contribution in [-0.4, -0.2) is 53.9 Å². The summed E-state index contributed by atoms with van der Waals surface area (Å²) in [5.74, 6) is 1.08. The fourth-order valence-corrected chi connectivity index (χ4v) is 6.14. The summed E-state index contributed by atoms with van der Waals surface area (Å²) in [5.41, 5.74) is 3.53. The smallest absolute Gasteiger partial charge is 0.319 e.